The van der Waals surface area contributed by atoms with E-state index in [0.717, 1.165) is 48.2 Å². The van der Waals surface area contributed by atoms with Gasteiger partial charge >= 0.3 is 10.2 Å². The lowest BCUT2D eigenvalue weighted by molar-refractivity contribution is -0.139. The van der Waals surface area contributed by atoms with Crippen LogP contribution in [0.1, 0.15) is 66.4 Å². The highest BCUT2D eigenvalue weighted by Gasteiger charge is 2.30. The molecular formula is C45H49F2N9O7S. The van der Waals surface area contributed by atoms with Crippen molar-refractivity contribution in [2.75, 3.05) is 69.0 Å². The number of carbonyl (C=O) groups excluding carboxylic acids is 4. The number of benzene rings is 2. The average Bonchev–Trinajstić information content (AvgIpc) is 3.74. The lowest BCUT2D eigenvalue weighted by Gasteiger charge is -2.36. The zero-order valence-corrected chi connectivity index (χ0v) is 36.3. The van der Waals surface area contributed by atoms with Crippen molar-refractivity contribution in [3.63, 3.8) is 0 Å². The van der Waals surface area contributed by atoms with Crippen LogP contribution in [0.5, 0.6) is 5.75 Å². The van der Waals surface area contributed by atoms with Gasteiger partial charge in [-0.1, -0.05) is 19.1 Å². The number of aromatic amines is 1. The van der Waals surface area contributed by atoms with Crippen molar-refractivity contribution in [1.82, 2.24) is 34.4 Å². The number of fused-ring (bicyclic) bond motifs is 1. The summed E-state index contributed by atoms with van der Waals surface area (Å²) in [6, 6.07) is 15.0. The average molecular weight is 898 g/mol. The van der Waals surface area contributed by atoms with Gasteiger partial charge in [-0.25, -0.2) is 18.7 Å². The maximum Gasteiger partial charge on any atom is 0.301 e. The summed E-state index contributed by atoms with van der Waals surface area (Å²) in [5, 5.41) is 2.63. The normalized spacial score (nSPS) is 17.8. The lowest BCUT2D eigenvalue weighted by atomic mass is 9.89. The number of rotatable bonds is 14. The van der Waals surface area contributed by atoms with Crippen molar-refractivity contribution < 1.29 is 41.1 Å². The van der Waals surface area contributed by atoms with Crippen LogP contribution >= 0.6 is 0 Å². The molecule has 2 aromatic carbocycles. The van der Waals surface area contributed by atoms with Crippen molar-refractivity contribution >= 4 is 56.3 Å². The van der Waals surface area contributed by atoms with Crippen molar-refractivity contribution in [3.8, 4) is 16.9 Å². The Morgan fingerprint density at radius 1 is 0.922 bits per heavy atom. The molecule has 336 valence electrons. The number of carbonyl (C=O) groups is 4. The number of ether oxygens (including phenoxy) is 1. The molecule has 8 rings (SSSR count). The van der Waals surface area contributed by atoms with Gasteiger partial charge in [0.1, 0.15) is 23.0 Å². The molecule has 3 aliphatic heterocycles. The highest BCUT2D eigenvalue weighted by Crippen LogP contribution is 2.32. The SMILES string of the molecule is CCN(C)S(=O)(=O)Nc1ccc(F)c(C(=O)c2c[nH]c3ncc(-c4ccc(N5CCN(C(=O)CCN6CCC(c7ccc(OC8CCC(=O)NC8=O)cc7)CC6)CC5)nc4)cc23)c1F. The molecule has 0 radical (unpaired) electrons. The minimum atomic E-state index is -4.15. The first-order chi connectivity index (χ1) is 30.8. The van der Waals surface area contributed by atoms with Gasteiger partial charge in [0, 0.05) is 106 Å². The summed E-state index contributed by atoms with van der Waals surface area (Å²) in [5.74, 6) is -2.26. The standard InChI is InChI=1S/C45H49F2N9O7S/c1-3-53(2)64(61,62)52-36-10-9-35(46)41(42(36)47)43(59)34-27-50-44-33(34)24-31(26-49-44)30-6-12-38(48-25-30)55-20-22-56(23-21-55)40(58)16-19-54-17-14-29(15-18-54)28-4-7-32(8-5-28)63-37-11-13-39(57)51-45(37)60/h4-10,12,24-27,29,37,52H,3,11,13-23H2,1-2H3,(H,49,50)(H,51,57,60). The summed E-state index contributed by atoms with van der Waals surface area (Å²) in [4.78, 5) is 68.7. The van der Waals surface area contributed by atoms with E-state index in [9.17, 15) is 27.6 Å². The molecule has 0 saturated carbocycles. The predicted octanol–water partition coefficient (Wildman–Crippen LogP) is 4.84. The monoisotopic (exact) mass is 897 g/mol. The van der Waals surface area contributed by atoms with Crippen molar-refractivity contribution in [3.05, 3.63) is 102 Å². The van der Waals surface area contributed by atoms with Crippen molar-refractivity contribution in [1.29, 1.82) is 0 Å². The number of amides is 3. The minimum Gasteiger partial charge on any atom is -0.481 e. The molecule has 0 bridgehead atoms. The largest absolute Gasteiger partial charge is 0.481 e. The van der Waals surface area contributed by atoms with Crippen molar-refractivity contribution in [2.24, 2.45) is 0 Å². The first kappa shape index (κ1) is 44.3. The van der Waals surface area contributed by atoms with Gasteiger partial charge in [-0.3, -0.25) is 29.2 Å². The molecule has 3 fully saturated rings. The first-order valence-electron chi connectivity index (χ1n) is 21.3. The van der Waals surface area contributed by atoms with Gasteiger partial charge in [0.05, 0.1) is 11.3 Å². The zero-order chi connectivity index (χ0) is 45.1. The van der Waals surface area contributed by atoms with Gasteiger partial charge in [-0.15, -0.1) is 0 Å². The van der Waals surface area contributed by atoms with Crippen LogP contribution in [0.2, 0.25) is 0 Å². The van der Waals surface area contributed by atoms with Crippen LogP contribution in [0, 0.1) is 11.6 Å². The topological polar surface area (TPSA) is 190 Å². The summed E-state index contributed by atoms with van der Waals surface area (Å²) in [5.41, 5.74) is 1.32. The van der Waals surface area contributed by atoms with Crippen LogP contribution in [-0.2, 0) is 24.6 Å². The van der Waals surface area contributed by atoms with Gasteiger partial charge in [0.25, 0.3) is 5.91 Å². The third kappa shape index (κ3) is 9.60. The Bertz CT molecular complexity index is 2670. The van der Waals surface area contributed by atoms with E-state index in [0.29, 0.717) is 79.4 Å². The van der Waals surface area contributed by atoms with Gasteiger partial charge in [0.2, 0.25) is 17.6 Å². The summed E-state index contributed by atoms with van der Waals surface area (Å²) >= 11 is 0. The molecule has 3 aliphatic rings. The third-order valence-corrected chi connectivity index (χ3v) is 13.8. The molecule has 1 atom stereocenters. The fourth-order valence-electron chi connectivity index (χ4n) is 8.31. The first-order valence-corrected chi connectivity index (χ1v) is 22.8. The van der Waals surface area contributed by atoms with E-state index in [2.05, 4.69) is 34.8 Å². The number of imide groups is 1. The van der Waals surface area contributed by atoms with Crippen LogP contribution in [0.25, 0.3) is 22.2 Å². The molecule has 64 heavy (non-hydrogen) atoms. The number of pyridine rings is 2. The highest BCUT2D eigenvalue weighted by atomic mass is 32.2. The second-order valence-corrected chi connectivity index (χ2v) is 18.0. The summed E-state index contributed by atoms with van der Waals surface area (Å²) in [6.07, 6.45) is 6.98. The molecule has 3 aromatic heterocycles. The Balaban J connectivity index is 0.814. The molecule has 5 aromatic rings. The zero-order valence-electron chi connectivity index (χ0n) is 35.5. The Hall–Kier alpha value is -6.31. The number of hydrogen-bond donors (Lipinski definition) is 3. The van der Waals surface area contributed by atoms with E-state index in [1.54, 1.807) is 25.4 Å². The van der Waals surface area contributed by atoms with Crippen LogP contribution in [0.4, 0.5) is 20.3 Å². The number of aromatic nitrogens is 3. The molecule has 6 heterocycles. The number of anilines is 2. The second-order valence-electron chi connectivity index (χ2n) is 16.2. The molecule has 19 heteroatoms. The number of nitrogens with one attached hydrogen (secondary N) is 3. The molecule has 16 nitrogen and oxygen atoms in total. The lowest BCUT2D eigenvalue weighted by Crippen LogP contribution is -2.49. The number of piperazine rings is 1. The van der Waals surface area contributed by atoms with Gasteiger partial charge in [0.15, 0.2) is 11.9 Å². The molecule has 3 saturated heterocycles. The van der Waals surface area contributed by atoms with E-state index in [-0.39, 0.29) is 30.3 Å². The quantitative estimate of drug-likeness (QED) is 0.102. The van der Waals surface area contributed by atoms with E-state index in [1.165, 1.54) is 18.8 Å². The third-order valence-electron chi connectivity index (χ3n) is 12.3. The molecule has 3 amide bonds. The fraction of sp³-hybridized carbons (Fsp3) is 0.378. The van der Waals surface area contributed by atoms with Gasteiger partial charge in [-0.05, 0) is 79.9 Å². The summed E-state index contributed by atoms with van der Waals surface area (Å²) in [7, 11) is -2.85. The molecule has 3 N–H and O–H groups in total. The van der Waals surface area contributed by atoms with Crippen LogP contribution < -0.4 is 19.7 Å². The highest BCUT2D eigenvalue weighted by molar-refractivity contribution is 7.90. The number of nitrogens with zero attached hydrogens (tertiary/aromatic N) is 6. The Morgan fingerprint density at radius 3 is 2.34 bits per heavy atom. The number of hydrogen-bond acceptors (Lipinski definition) is 11. The van der Waals surface area contributed by atoms with E-state index in [1.807, 2.05) is 41.3 Å². The predicted molar refractivity (Wildman–Crippen MR) is 235 cm³/mol. The van der Waals surface area contributed by atoms with E-state index < -0.39 is 50.9 Å². The van der Waals surface area contributed by atoms with Gasteiger partial charge in [-0.2, -0.15) is 12.7 Å². The maximum absolute atomic E-state index is 15.6. The van der Waals surface area contributed by atoms with Gasteiger partial charge < -0.3 is 24.4 Å². The molecule has 0 spiro atoms. The molecule has 1 unspecified atom stereocenters. The van der Waals surface area contributed by atoms with Crippen LogP contribution in [0.3, 0.4) is 0 Å². The van der Waals surface area contributed by atoms with E-state index in [4.69, 9.17) is 4.74 Å². The number of halogens is 2. The number of likely N-dealkylation sites (tertiary alicyclic amines) is 1. The summed E-state index contributed by atoms with van der Waals surface area (Å²) < 4.78 is 64.6. The Labute approximate surface area is 369 Å². The molecule has 0 aliphatic carbocycles. The summed E-state index contributed by atoms with van der Waals surface area (Å²) in [6.45, 7) is 6.58. The minimum absolute atomic E-state index is 0.0465. The maximum atomic E-state index is 15.6. The Kier molecular flexibility index (Phi) is 13.0. The van der Waals surface area contributed by atoms with E-state index >= 15 is 8.78 Å². The number of H-pyrrole nitrogens is 1. The molecular weight excluding hydrogens is 849 g/mol. The smallest absolute Gasteiger partial charge is 0.301 e. The van der Waals surface area contributed by atoms with Crippen LogP contribution in [0.15, 0.2) is 73.2 Å². The Morgan fingerprint density at radius 2 is 1.66 bits per heavy atom. The fourth-order valence-corrected chi connectivity index (χ4v) is 9.24. The van der Waals surface area contributed by atoms with Crippen LogP contribution in [-0.4, -0.2) is 126 Å². The van der Waals surface area contributed by atoms with Crippen molar-refractivity contribution in [2.45, 2.75) is 51.0 Å². The number of ketones is 1. The second kappa shape index (κ2) is 18.8. The number of piperidine rings is 2.